The van der Waals surface area contributed by atoms with E-state index in [1.54, 1.807) is 11.8 Å². The van der Waals surface area contributed by atoms with Gasteiger partial charge in [-0.1, -0.05) is 43.2 Å². The van der Waals surface area contributed by atoms with Crippen LogP contribution in [0.3, 0.4) is 0 Å². The zero-order valence-corrected chi connectivity index (χ0v) is 15.9. The molecule has 0 atom stereocenters. The minimum atomic E-state index is 0.0708. The van der Waals surface area contributed by atoms with Crippen LogP contribution in [-0.4, -0.2) is 24.8 Å². The summed E-state index contributed by atoms with van der Waals surface area (Å²) in [4.78, 5) is 13.0. The van der Waals surface area contributed by atoms with Crippen LogP contribution >= 0.6 is 11.8 Å². The van der Waals surface area contributed by atoms with Gasteiger partial charge in [0.2, 0.25) is 5.91 Å². The van der Waals surface area contributed by atoms with E-state index in [1.165, 1.54) is 16.0 Å². The fourth-order valence-corrected chi connectivity index (χ4v) is 3.24. The molecule has 3 nitrogen and oxygen atoms in total. The average Bonchev–Trinajstić information content (AvgIpc) is 2.62. The van der Waals surface area contributed by atoms with Crippen molar-refractivity contribution in [3.8, 4) is 5.75 Å². The van der Waals surface area contributed by atoms with Crippen molar-refractivity contribution in [1.82, 2.24) is 5.32 Å². The van der Waals surface area contributed by atoms with Gasteiger partial charge in [0.15, 0.2) is 0 Å². The van der Waals surface area contributed by atoms with Gasteiger partial charge in [0.25, 0.3) is 0 Å². The fourth-order valence-electron chi connectivity index (χ4n) is 2.38. The third-order valence-electron chi connectivity index (χ3n) is 3.77. The number of benzene rings is 2. The first kappa shape index (κ1) is 19.4. The first-order chi connectivity index (χ1) is 12.2. The van der Waals surface area contributed by atoms with Crippen LogP contribution in [0.15, 0.2) is 53.4 Å². The van der Waals surface area contributed by atoms with Crippen LogP contribution in [0.5, 0.6) is 5.75 Å². The minimum Gasteiger partial charge on any atom is -0.492 e. The van der Waals surface area contributed by atoms with Crippen LogP contribution in [0.4, 0.5) is 0 Å². The molecule has 2 aromatic carbocycles. The van der Waals surface area contributed by atoms with E-state index < -0.39 is 0 Å². The molecule has 0 fully saturated rings. The Morgan fingerprint density at radius 1 is 1.08 bits per heavy atom. The highest BCUT2D eigenvalue weighted by molar-refractivity contribution is 7.99. The Morgan fingerprint density at radius 2 is 1.80 bits per heavy atom. The van der Waals surface area contributed by atoms with Crippen molar-refractivity contribution in [1.29, 1.82) is 0 Å². The van der Waals surface area contributed by atoms with Gasteiger partial charge in [-0.15, -0.1) is 11.8 Å². The van der Waals surface area contributed by atoms with Gasteiger partial charge in [-0.3, -0.25) is 4.79 Å². The summed E-state index contributed by atoms with van der Waals surface area (Å²) in [5, 5.41) is 2.90. The summed E-state index contributed by atoms with van der Waals surface area (Å²) < 4.78 is 5.65. The average molecular weight is 358 g/mol. The molecule has 0 heterocycles. The van der Waals surface area contributed by atoms with Gasteiger partial charge >= 0.3 is 0 Å². The van der Waals surface area contributed by atoms with Crippen molar-refractivity contribution >= 4 is 17.7 Å². The van der Waals surface area contributed by atoms with Gasteiger partial charge in [0.1, 0.15) is 12.4 Å². The summed E-state index contributed by atoms with van der Waals surface area (Å²) >= 11 is 1.71. The second-order valence-corrected chi connectivity index (χ2v) is 7.17. The molecule has 0 bridgehead atoms. The van der Waals surface area contributed by atoms with Crippen molar-refractivity contribution in [3.05, 3.63) is 59.7 Å². The van der Waals surface area contributed by atoms with Crippen molar-refractivity contribution in [2.75, 3.05) is 18.9 Å². The zero-order chi connectivity index (χ0) is 17.9. The molecule has 1 amide bonds. The zero-order valence-electron chi connectivity index (χ0n) is 15.1. The Morgan fingerprint density at radius 3 is 2.48 bits per heavy atom. The smallest absolute Gasteiger partial charge is 0.220 e. The van der Waals surface area contributed by atoms with Crippen LogP contribution in [0, 0.1) is 6.92 Å². The molecule has 0 aliphatic heterocycles. The Hall–Kier alpha value is -1.94. The number of amides is 1. The van der Waals surface area contributed by atoms with E-state index >= 15 is 0 Å². The molecule has 134 valence electrons. The van der Waals surface area contributed by atoms with E-state index in [-0.39, 0.29) is 5.91 Å². The molecule has 0 aliphatic rings. The number of ether oxygens (including phenoxy) is 1. The lowest BCUT2D eigenvalue weighted by Crippen LogP contribution is -2.28. The number of hydrogen-bond donors (Lipinski definition) is 1. The number of thioether (sulfide) groups is 1. The number of hydrogen-bond acceptors (Lipinski definition) is 3. The number of carbonyl (C=O) groups excluding carboxylic acids is 1. The lowest BCUT2D eigenvalue weighted by Gasteiger charge is -2.08. The van der Waals surface area contributed by atoms with E-state index in [2.05, 4.69) is 55.6 Å². The normalized spacial score (nSPS) is 10.5. The van der Waals surface area contributed by atoms with Gasteiger partial charge in [0, 0.05) is 17.1 Å². The summed E-state index contributed by atoms with van der Waals surface area (Å²) in [5.74, 6) is 1.71. The number of aryl methyl sites for hydroxylation is 2. The molecule has 0 spiro atoms. The molecule has 0 radical (unpaired) electrons. The lowest BCUT2D eigenvalue weighted by atomic mass is 10.1. The predicted octanol–water partition coefficient (Wildman–Crippen LogP) is 4.62. The first-order valence-electron chi connectivity index (χ1n) is 8.85. The van der Waals surface area contributed by atoms with E-state index in [1.807, 2.05) is 12.1 Å². The van der Waals surface area contributed by atoms with Crippen molar-refractivity contribution in [3.63, 3.8) is 0 Å². The molecule has 0 aliphatic carbocycles. The van der Waals surface area contributed by atoms with Crippen molar-refractivity contribution < 1.29 is 9.53 Å². The molecule has 4 heteroatoms. The van der Waals surface area contributed by atoms with E-state index in [4.69, 9.17) is 4.74 Å². The van der Waals surface area contributed by atoms with Crippen molar-refractivity contribution in [2.45, 2.75) is 38.0 Å². The quantitative estimate of drug-likeness (QED) is 0.498. The van der Waals surface area contributed by atoms with Crippen LogP contribution in [0.25, 0.3) is 0 Å². The van der Waals surface area contributed by atoms with Gasteiger partial charge in [0.05, 0.1) is 6.54 Å². The highest BCUT2D eigenvalue weighted by atomic mass is 32.2. The second-order valence-electron chi connectivity index (χ2n) is 6.00. The molecule has 0 saturated heterocycles. The van der Waals surface area contributed by atoms with E-state index in [0.29, 0.717) is 19.6 Å². The van der Waals surface area contributed by atoms with Gasteiger partial charge in [-0.25, -0.2) is 0 Å². The summed E-state index contributed by atoms with van der Waals surface area (Å²) in [5.41, 5.74) is 2.58. The maximum absolute atomic E-state index is 11.8. The van der Waals surface area contributed by atoms with E-state index in [9.17, 15) is 4.79 Å². The largest absolute Gasteiger partial charge is 0.492 e. The van der Waals surface area contributed by atoms with Crippen LogP contribution in [-0.2, 0) is 11.2 Å². The molecular weight excluding hydrogens is 330 g/mol. The molecular formula is C21H27NO2S. The Balaban J connectivity index is 1.56. The standard InChI is InChI=1S/C21H27NO2S/c1-3-4-18-7-9-19(10-8-18)24-15-14-22-21(23)13-16-25-20-11-5-17(2)6-12-20/h5-12H,3-4,13-16H2,1-2H3,(H,22,23). The maximum atomic E-state index is 11.8. The van der Waals surface area contributed by atoms with Gasteiger partial charge in [-0.2, -0.15) is 0 Å². The van der Waals surface area contributed by atoms with Crippen LogP contribution < -0.4 is 10.1 Å². The minimum absolute atomic E-state index is 0.0708. The molecule has 0 saturated carbocycles. The fraction of sp³-hybridized carbons (Fsp3) is 0.381. The summed E-state index contributed by atoms with van der Waals surface area (Å²) in [6, 6.07) is 16.5. The lowest BCUT2D eigenvalue weighted by molar-refractivity contribution is -0.120. The predicted molar refractivity (Wildman–Crippen MR) is 105 cm³/mol. The summed E-state index contributed by atoms with van der Waals surface area (Å²) in [6.45, 7) is 5.27. The maximum Gasteiger partial charge on any atom is 0.220 e. The number of nitrogens with one attached hydrogen (secondary N) is 1. The van der Waals surface area contributed by atoms with E-state index in [0.717, 1.165) is 24.3 Å². The Kier molecular flexibility index (Phi) is 8.40. The molecule has 1 N–H and O–H groups in total. The van der Waals surface area contributed by atoms with Crippen molar-refractivity contribution in [2.24, 2.45) is 0 Å². The SMILES string of the molecule is CCCc1ccc(OCCNC(=O)CCSc2ccc(C)cc2)cc1. The Bertz CT molecular complexity index is 638. The van der Waals surface area contributed by atoms with Crippen LogP contribution in [0.2, 0.25) is 0 Å². The molecule has 25 heavy (non-hydrogen) atoms. The molecule has 0 aromatic heterocycles. The molecule has 2 rings (SSSR count). The monoisotopic (exact) mass is 357 g/mol. The topological polar surface area (TPSA) is 38.3 Å². The van der Waals surface area contributed by atoms with Gasteiger partial charge in [-0.05, 0) is 43.2 Å². The summed E-state index contributed by atoms with van der Waals surface area (Å²) in [6.07, 6.45) is 2.76. The highest BCUT2D eigenvalue weighted by Crippen LogP contribution is 2.18. The third-order valence-corrected chi connectivity index (χ3v) is 4.79. The first-order valence-corrected chi connectivity index (χ1v) is 9.84. The number of rotatable bonds is 10. The molecule has 0 unspecified atom stereocenters. The molecule has 2 aromatic rings. The van der Waals surface area contributed by atoms with Gasteiger partial charge < -0.3 is 10.1 Å². The highest BCUT2D eigenvalue weighted by Gasteiger charge is 2.02. The third kappa shape index (κ3) is 7.65. The summed E-state index contributed by atoms with van der Waals surface area (Å²) in [7, 11) is 0. The second kappa shape index (κ2) is 10.8. The van der Waals surface area contributed by atoms with Crippen LogP contribution in [0.1, 0.15) is 30.9 Å². The Labute approximate surface area is 155 Å². The number of carbonyl (C=O) groups is 1.